The fourth-order valence-electron chi connectivity index (χ4n) is 1.07. The van der Waals surface area contributed by atoms with E-state index in [1.807, 2.05) is 20.8 Å². The lowest BCUT2D eigenvalue weighted by Gasteiger charge is -2.27. The second kappa shape index (κ2) is 5.47. The van der Waals surface area contributed by atoms with Crippen molar-refractivity contribution < 1.29 is 9.90 Å². The van der Waals surface area contributed by atoms with Crippen LogP contribution in [0.3, 0.4) is 0 Å². The molecular formula is C11H24N2O2. The van der Waals surface area contributed by atoms with Crippen LogP contribution in [0.25, 0.3) is 0 Å². The lowest BCUT2D eigenvalue weighted by Crippen LogP contribution is -2.52. The smallest absolute Gasteiger partial charge is 0.239 e. The molecule has 0 aromatic carbocycles. The summed E-state index contributed by atoms with van der Waals surface area (Å²) < 4.78 is 0. The molecule has 1 atom stereocenters. The molecular weight excluding hydrogens is 192 g/mol. The predicted molar refractivity (Wildman–Crippen MR) is 61.4 cm³/mol. The van der Waals surface area contributed by atoms with E-state index in [4.69, 9.17) is 10.8 Å². The van der Waals surface area contributed by atoms with Crippen molar-refractivity contribution in [2.24, 2.45) is 11.1 Å². The first-order valence-corrected chi connectivity index (χ1v) is 5.43. The monoisotopic (exact) mass is 216 g/mol. The van der Waals surface area contributed by atoms with Gasteiger partial charge >= 0.3 is 0 Å². The topological polar surface area (TPSA) is 75.4 Å². The number of hydrogen-bond acceptors (Lipinski definition) is 3. The Morgan fingerprint density at radius 2 is 1.93 bits per heavy atom. The highest BCUT2D eigenvalue weighted by Gasteiger charge is 2.27. The van der Waals surface area contributed by atoms with Crippen molar-refractivity contribution in [3.8, 4) is 0 Å². The summed E-state index contributed by atoms with van der Waals surface area (Å²) in [6, 6.07) is 0. The highest BCUT2D eigenvalue weighted by molar-refractivity contribution is 5.85. The molecule has 0 saturated carbocycles. The Hall–Kier alpha value is -0.610. The lowest BCUT2D eigenvalue weighted by molar-refractivity contribution is -0.126. The molecule has 90 valence electrons. The Balaban J connectivity index is 4.11. The number of carbonyl (C=O) groups is 1. The molecule has 1 unspecified atom stereocenters. The summed E-state index contributed by atoms with van der Waals surface area (Å²) in [5.74, 6) is -0.129. The van der Waals surface area contributed by atoms with Crippen molar-refractivity contribution in [2.45, 2.75) is 46.1 Å². The molecule has 0 bridgehead atoms. The van der Waals surface area contributed by atoms with E-state index in [9.17, 15) is 4.79 Å². The zero-order valence-electron chi connectivity index (χ0n) is 10.3. The Morgan fingerprint density at radius 3 is 2.33 bits per heavy atom. The fourth-order valence-corrected chi connectivity index (χ4v) is 1.07. The van der Waals surface area contributed by atoms with E-state index >= 15 is 0 Å². The van der Waals surface area contributed by atoms with Crippen LogP contribution in [0.4, 0.5) is 0 Å². The van der Waals surface area contributed by atoms with Gasteiger partial charge in [0.2, 0.25) is 5.91 Å². The Labute approximate surface area is 92.2 Å². The molecule has 4 N–H and O–H groups in total. The molecule has 0 fully saturated rings. The van der Waals surface area contributed by atoms with Gasteiger partial charge in [0.15, 0.2) is 0 Å². The van der Waals surface area contributed by atoms with Gasteiger partial charge in [-0.3, -0.25) is 4.79 Å². The summed E-state index contributed by atoms with van der Waals surface area (Å²) in [6.45, 7) is 8.29. The van der Waals surface area contributed by atoms with E-state index in [0.29, 0.717) is 19.4 Å². The van der Waals surface area contributed by atoms with Crippen LogP contribution >= 0.6 is 0 Å². The minimum Gasteiger partial charge on any atom is -0.396 e. The third-order valence-corrected chi connectivity index (χ3v) is 2.77. The molecule has 0 spiro atoms. The average molecular weight is 216 g/mol. The van der Waals surface area contributed by atoms with Crippen LogP contribution in [0, 0.1) is 5.41 Å². The molecule has 0 saturated heterocycles. The molecule has 0 aromatic rings. The van der Waals surface area contributed by atoms with Crippen molar-refractivity contribution in [2.75, 3.05) is 13.2 Å². The number of hydrogen-bond donors (Lipinski definition) is 3. The number of aliphatic hydroxyl groups excluding tert-OH is 1. The standard InChI is InChI=1S/C11H24N2O2/c1-5-11(4,12)9(15)13-8-10(2,3)6-7-14/h14H,5-8,12H2,1-4H3,(H,13,15). The van der Waals surface area contributed by atoms with Crippen LogP contribution < -0.4 is 11.1 Å². The summed E-state index contributed by atoms with van der Waals surface area (Å²) in [5, 5.41) is 11.7. The third kappa shape index (κ3) is 5.14. The highest BCUT2D eigenvalue weighted by Crippen LogP contribution is 2.18. The lowest BCUT2D eigenvalue weighted by atomic mass is 9.89. The second-order valence-electron chi connectivity index (χ2n) is 5.09. The van der Waals surface area contributed by atoms with E-state index in [2.05, 4.69) is 5.32 Å². The molecule has 0 aliphatic carbocycles. The van der Waals surface area contributed by atoms with Gasteiger partial charge < -0.3 is 16.2 Å². The summed E-state index contributed by atoms with van der Waals surface area (Å²) in [7, 11) is 0. The van der Waals surface area contributed by atoms with Gasteiger partial charge in [0, 0.05) is 13.2 Å². The number of rotatable bonds is 6. The van der Waals surface area contributed by atoms with Crippen molar-refractivity contribution in [3.63, 3.8) is 0 Å². The van der Waals surface area contributed by atoms with Crippen molar-refractivity contribution >= 4 is 5.91 Å². The maximum atomic E-state index is 11.6. The molecule has 0 aliphatic heterocycles. The Kier molecular flexibility index (Phi) is 5.24. The number of aliphatic hydroxyl groups is 1. The quantitative estimate of drug-likeness (QED) is 0.610. The molecule has 0 aliphatic rings. The normalized spacial score (nSPS) is 15.9. The summed E-state index contributed by atoms with van der Waals surface area (Å²) in [4.78, 5) is 11.6. The summed E-state index contributed by atoms with van der Waals surface area (Å²) in [5.41, 5.74) is 4.92. The van der Waals surface area contributed by atoms with Crippen LogP contribution in [0.1, 0.15) is 40.5 Å². The maximum Gasteiger partial charge on any atom is 0.239 e. The van der Waals surface area contributed by atoms with Gasteiger partial charge in [0.1, 0.15) is 0 Å². The third-order valence-electron chi connectivity index (χ3n) is 2.77. The van der Waals surface area contributed by atoms with E-state index in [0.717, 1.165) is 0 Å². The molecule has 15 heavy (non-hydrogen) atoms. The number of nitrogens with two attached hydrogens (primary N) is 1. The first-order valence-electron chi connectivity index (χ1n) is 5.43. The Bertz CT molecular complexity index is 213. The summed E-state index contributed by atoms with van der Waals surface area (Å²) >= 11 is 0. The number of carbonyl (C=O) groups excluding carboxylic acids is 1. The van der Waals surface area contributed by atoms with Crippen molar-refractivity contribution in [3.05, 3.63) is 0 Å². The zero-order chi connectivity index (χ0) is 12.1. The molecule has 0 rings (SSSR count). The maximum absolute atomic E-state index is 11.6. The minimum absolute atomic E-state index is 0.0891. The average Bonchev–Trinajstić information content (AvgIpc) is 2.14. The molecule has 4 heteroatoms. The van der Waals surface area contributed by atoms with E-state index in [1.54, 1.807) is 6.92 Å². The van der Waals surface area contributed by atoms with Gasteiger partial charge in [0.05, 0.1) is 5.54 Å². The van der Waals surface area contributed by atoms with Gasteiger partial charge in [-0.15, -0.1) is 0 Å². The van der Waals surface area contributed by atoms with Crippen LogP contribution in [-0.2, 0) is 4.79 Å². The number of amides is 1. The molecule has 0 aromatic heterocycles. The largest absolute Gasteiger partial charge is 0.396 e. The van der Waals surface area contributed by atoms with Crippen LogP contribution in [-0.4, -0.2) is 29.7 Å². The minimum atomic E-state index is -0.796. The van der Waals surface area contributed by atoms with E-state index < -0.39 is 5.54 Å². The molecule has 4 nitrogen and oxygen atoms in total. The van der Waals surface area contributed by atoms with Gasteiger partial charge in [-0.2, -0.15) is 0 Å². The SMILES string of the molecule is CCC(C)(N)C(=O)NCC(C)(C)CCO. The zero-order valence-corrected chi connectivity index (χ0v) is 10.3. The molecule has 0 radical (unpaired) electrons. The van der Waals surface area contributed by atoms with Crippen LogP contribution in [0.15, 0.2) is 0 Å². The molecule has 0 heterocycles. The van der Waals surface area contributed by atoms with Gasteiger partial charge in [-0.05, 0) is 25.2 Å². The summed E-state index contributed by atoms with van der Waals surface area (Å²) in [6.07, 6.45) is 1.28. The van der Waals surface area contributed by atoms with Gasteiger partial charge in [-0.1, -0.05) is 20.8 Å². The fraction of sp³-hybridized carbons (Fsp3) is 0.909. The van der Waals surface area contributed by atoms with E-state index in [-0.39, 0.29) is 17.9 Å². The molecule has 1 amide bonds. The van der Waals surface area contributed by atoms with Gasteiger partial charge in [0.25, 0.3) is 0 Å². The second-order valence-corrected chi connectivity index (χ2v) is 5.09. The van der Waals surface area contributed by atoms with Crippen molar-refractivity contribution in [1.82, 2.24) is 5.32 Å². The highest BCUT2D eigenvalue weighted by atomic mass is 16.3. The first-order chi connectivity index (χ1) is 6.75. The number of nitrogens with one attached hydrogen (secondary N) is 1. The van der Waals surface area contributed by atoms with Crippen LogP contribution in [0.5, 0.6) is 0 Å². The van der Waals surface area contributed by atoms with Crippen molar-refractivity contribution in [1.29, 1.82) is 0 Å². The Morgan fingerprint density at radius 1 is 1.40 bits per heavy atom. The van der Waals surface area contributed by atoms with E-state index in [1.165, 1.54) is 0 Å². The first kappa shape index (κ1) is 14.4. The van der Waals surface area contributed by atoms with Gasteiger partial charge in [-0.25, -0.2) is 0 Å². The van der Waals surface area contributed by atoms with Crippen LogP contribution in [0.2, 0.25) is 0 Å². The predicted octanol–water partition coefficient (Wildman–Crippen LogP) is 0.639.